The maximum absolute atomic E-state index is 13.2. The molecule has 1 saturated heterocycles. The van der Waals surface area contributed by atoms with Crippen LogP contribution in [0, 0.1) is 11.7 Å². The number of hydrogen-bond acceptors (Lipinski definition) is 6. The van der Waals surface area contributed by atoms with Crippen molar-refractivity contribution in [1.82, 2.24) is 4.90 Å². The zero-order chi connectivity index (χ0) is 23.3. The maximum atomic E-state index is 13.2. The number of amides is 2. The zero-order valence-corrected chi connectivity index (χ0v) is 18.1. The van der Waals surface area contributed by atoms with E-state index in [0.717, 1.165) is 0 Å². The molecule has 1 aliphatic rings. The standard InChI is InChI=1S/C23H25FN2O6/c1-30-19-11-17(23(29)32-3)18(12-20(19)31-2)25-21(27)15-5-4-10-26(13-15)22(28)14-6-8-16(24)9-7-14/h6-9,11-12,15H,4-5,10,13H2,1-3H3,(H,25,27). The Morgan fingerprint density at radius 2 is 1.69 bits per heavy atom. The summed E-state index contributed by atoms with van der Waals surface area (Å²) in [6, 6.07) is 8.24. The van der Waals surface area contributed by atoms with Gasteiger partial charge >= 0.3 is 5.97 Å². The van der Waals surface area contributed by atoms with Crippen molar-refractivity contribution in [3.63, 3.8) is 0 Å². The topological polar surface area (TPSA) is 94.2 Å². The minimum Gasteiger partial charge on any atom is -0.493 e. The van der Waals surface area contributed by atoms with Gasteiger partial charge in [-0.1, -0.05) is 0 Å². The number of rotatable bonds is 6. The van der Waals surface area contributed by atoms with Gasteiger partial charge in [-0.3, -0.25) is 9.59 Å². The number of ether oxygens (including phenoxy) is 3. The quantitative estimate of drug-likeness (QED) is 0.688. The molecule has 1 heterocycles. The SMILES string of the molecule is COC(=O)c1cc(OC)c(OC)cc1NC(=O)C1CCCN(C(=O)c2ccc(F)cc2)C1. The predicted molar refractivity (Wildman–Crippen MR) is 115 cm³/mol. The molecule has 1 aliphatic heterocycles. The molecule has 170 valence electrons. The lowest BCUT2D eigenvalue weighted by Crippen LogP contribution is -2.43. The van der Waals surface area contributed by atoms with Crippen LogP contribution in [0.3, 0.4) is 0 Å². The maximum Gasteiger partial charge on any atom is 0.340 e. The first-order valence-electron chi connectivity index (χ1n) is 10.1. The number of carbonyl (C=O) groups excluding carboxylic acids is 3. The van der Waals surface area contributed by atoms with Crippen molar-refractivity contribution in [2.45, 2.75) is 12.8 Å². The van der Waals surface area contributed by atoms with Gasteiger partial charge in [-0.25, -0.2) is 9.18 Å². The minimum atomic E-state index is -0.641. The fraction of sp³-hybridized carbons (Fsp3) is 0.348. The summed E-state index contributed by atoms with van der Waals surface area (Å²) in [6.45, 7) is 0.715. The van der Waals surface area contributed by atoms with Gasteiger partial charge in [0.1, 0.15) is 5.82 Å². The van der Waals surface area contributed by atoms with Crippen molar-refractivity contribution in [3.05, 3.63) is 53.3 Å². The number of benzene rings is 2. The lowest BCUT2D eigenvalue weighted by atomic mass is 9.96. The van der Waals surface area contributed by atoms with Gasteiger partial charge in [-0.2, -0.15) is 0 Å². The second-order valence-electron chi connectivity index (χ2n) is 7.33. The number of nitrogens with one attached hydrogen (secondary N) is 1. The molecule has 1 fully saturated rings. The van der Waals surface area contributed by atoms with Crippen LogP contribution in [-0.4, -0.2) is 57.1 Å². The summed E-state index contributed by atoms with van der Waals surface area (Å²) in [6.07, 6.45) is 1.22. The third kappa shape index (κ3) is 4.99. The molecule has 0 bridgehead atoms. The number of anilines is 1. The molecule has 0 radical (unpaired) electrons. The summed E-state index contributed by atoms with van der Waals surface area (Å²) < 4.78 is 28.5. The highest BCUT2D eigenvalue weighted by molar-refractivity contribution is 6.03. The third-order valence-corrected chi connectivity index (χ3v) is 5.36. The average molecular weight is 444 g/mol. The van der Waals surface area contributed by atoms with Gasteiger partial charge in [0, 0.05) is 30.8 Å². The van der Waals surface area contributed by atoms with Crippen LogP contribution >= 0.6 is 0 Å². The number of likely N-dealkylation sites (tertiary alicyclic amines) is 1. The van der Waals surface area contributed by atoms with Crippen LogP contribution in [0.25, 0.3) is 0 Å². The number of hydrogen-bond donors (Lipinski definition) is 1. The first kappa shape index (κ1) is 23.1. The van der Waals surface area contributed by atoms with Gasteiger partial charge in [0.2, 0.25) is 5.91 Å². The van der Waals surface area contributed by atoms with E-state index in [0.29, 0.717) is 36.4 Å². The van der Waals surface area contributed by atoms with Gasteiger partial charge in [-0.15, -0.1) is 0 Å². The van der Waals surface area contributed by atoms with Crippen LogP contribution in [0.2, 0.25) is 0 Å². The Hall–Kier alpha value is -3.62. The Bertz CT molecular complexity index is 1010. The molecule has 3 rings (SSSR count). The predicted octanol–water partition coefficient (Wildman–Crippen LogP) is 3.12. The van der Waals surface area contributed by atoms with Crippen molar-refractivity contribution in [3.8, 4) is 11.5 Å². The van der Waals surface area contributed by atoms with E-state index in [1.165, 1.54) is 57.7 Å². The molecule has 0 spiro atoms. The first-order chi connectivity index (χ1) is 15.4. The lowest BCUT2D eigenvalue weighted by Gasteiger charge is -2.32. The van der Waals surface area contributed by atoms with Crippen LogP contribution in [0.15, 0.2) is 36.4 Å². The smallest absolute Gasteiger partial charge is 0.340 e. The highest BCUT2D eigenvalue weighted by atomic mass is 19.1. The highest BCUT2D eigenvalue weighted by Gasteiger charge is 2.30. The number of nitrogens with zero attached hydrogens (tertiary/aromatic N) is 1. The average Bonchev–Trinajstić information content (AvgIpc) is 2.83. The molecule has 2 amide bonds. The molecule has 1 atom stereocenters. The lowest BCUT2D eigenvalue weighted by molar-refractivity contribution is -0.121. The van der Waals surface area contributed by atoms with Gasteiger partial charge < -0.3 is 24.4 Å². The van der Waals surface area contributed by atoms with E-state index < -0.39 is 17.7 Å². The fourth-order valence-electron chi connectivity index (χ4n) is 3.65. The first-order valence-corrected chi connectivity index (χ1v) is 10.1. The third-order valence-electron chi connectivity index (χ3n) is 5.36. The van der Waals surface area contributed by atoms with E-state index in [1.807, 2.05) is 0 Å². The van der Waals surface area contributed by atoms with Gasteiger partial charge in [-0.05, 0) is 37.1 Å². The molecular weight excluding hydrogens is 419 g/mol. The molecule has 0 aliphatic carbocycles. The number of halogens is 1. The van der Waals surface area contributed by atoms with Crippen LogP contribution < -0.4 is 14.8 Å². The van der Waals surface area contributed by atoms with Crippen molar-refractivity contribution in [2.24, 2.45) is 5.92 Å². The van der Waals surface area contributed by atoms with Crippen LogP contribution in [-0.2, 0) is 9.53 Å². The van der Waals surface area contributed by atoms with Crippen molar-refractivity contribution in [2.75, 3.05) is 39.7 Å². The summed E-state index contributed by atoms with van der Waals surface area (Å²) in [4.78, 5) is 39.6. The molecule has 32 heavy (non-hydrogen) atoms. The molecule has 0 aromatic heterocycles. The monoisotopic (exact) mass is 444 g/mol. The molecule has 9 heteroatoms. The Balaban J connectivity index is 1.78. The van der Waals surface area contributed by atoms with E-state index in [9.17, 15) is 18.8 Å². The Morgan fingerprint density at radius 3 is 2.31 bits per heavy atom. The van der Waals surface area contributed by atoms with Gasteiger partial charge in [0.25, 0.3) is 5.91 Å². The zero-order valence-electron chi connectivity index (χ0n) is 18.1. The fourth-order valence-corrected chi connectivity index (χ4v) is 3.65. The number of methoxy groups -OCH3 is 3. The van der Waals surface area contributed by atoms with Crippen molar-refractivity contribution >= 4 is 23.5 Å². The number of piperidine rings is 1. The summed E-state index contributed by atoms with van der Waals surface area (Å²) in [7, 11) is 4.12. The second-order valence-corrected chi connectivity index (χ2v) is 7.33. The Morgan fingerprint density at radius 1 is 1.03 bits per heavy atom. The molecule has 1 N–H and O–H groups in total. The van der Waals surface area contributed by atoms with E-state index in [4.69, 9.17) is 14.2 Å². The molecular formula is C23H25FN2O6. The second kappa shape index (κ2) is 10.1. The summed E-state index contributed by atoms with van der Waals surface area (Å²) in [5.41, 5.74) is 0.704. The Labute approximate surface area is 185 Å². The van der Waals surface area contributed by atoms with E-state index in [1.54, 1.807) is 4.90 Å². The summed E-state index contributed by atoms with van der Waals surface area (Å²) in [5, 5.41) is 2.77. The van der Waals surface area contributed by atoms with Crippen LogP contribution in [0.5, 0.6) is 11.5 Å². The normalized spacial score (nSPS) is 15.6. The molecule has 2 aromatic rings. The largest absolute Gasteiger partial charge is 0.493 e. The molecule has 8 nitrogen and oxygen atoms in total. The van der Waals surface area contributed by atoms with Crippen molar-refractivity contribution in [1.29, 1.82) is 0 Å². The van der Waals surface area contributed by atoms with Crippen molar-refractivity contribution < 1.29 is 33.0 Å². The Kier molecular flexibility index (Phi) is 7.29. The number of carbonyl (C=O) groups is 3. The molecule has 0 saturated carbocycles. The minimum absolute atomic E-state index is 0.119. The van der Waals surface area contributed by atoms with E-state index >= 15 is 0 Å². The van der Waals surface area contributed by atoms with Crippen LogP contribution in [0.1, 0.15) is 33.6 Å². The summed E-state index contributed by atoms with van der Waals surface area (Å²) in [5.74, 6) is -1.48. The van der Waals surface area contributed by atoms with Gasteiger partial charge in [0.05, 0.1) is 38.5 Å². The molecule has 1 unspecified atom stereocenters. The van der Waals surface area contributed by atoms with Crippen LogP contribution in [0.4, 0.5) is 10.1 Å². The highest BCUT2D eigenvalue weighted by Crippen LogP contribution is 2.34. The molecule has 2 aromatic carbocycles. The van der Waals surface area contributed by atoms with E-state index in [-0.39, 0.29) is 29.6 Å². The van der Waals surface area contributed by atoms with Gasteiger partial charge in [0.15, 0.2) is 11.5 Å². The number of esters is 1. The van der Waals surface area contributed by atoms with E-state index in [2.05, 4.69) is 5.32 Å². The summed E-state index contributed by atoms with van der Waals surface area (Å²) >= 11 is 0.